The van der Waals surface area contributed by atoms with E-state index in [4.69, 9.17) is 14.5 Å². The van der Waals surface area contributed by atoms with Gasteiger partial charge in [0.25, 0.3) is 0 Å². The van der Waals surface area contributed by atoms with Crippen molar-refractivity contribution in [3.63, 3.8) is 0 Å². The third-order valence-corrected chi connectivity index (χ3v) is 8.28. The fraction of sp³-hybridized carbons (Fsp3) is 0.344. The van der Waals surface area contributed by atoms with Gasteiger partial charge in [0.05, 0.1) is 36.8 Å². The molecule has 2 aromatic heterocycles. The van der Waals surface area contributed by atoms with Gasteiger partial charge >= 0.3 is 0 Å². The van der Waals surface area contributed by atoms with Crippen molar-refractivity contribution < 1.29 is 14.3 Å². The van der Waals surface area contributed by atoms with Crippen molar-refractivity contribution >= 4 is 39.8 Å². The molecule has 11 heteroatoms. The first kappa shape index (κ1) is 28.5. The normalized spacial score (nSPS) is 16.2. The number of piperidine rings is 1. The van der Waals surface area contributed by atoms with Crippen molar-refractivity contribution in [1.29, 1.82) is 0 Å². The van der Waals surface area contributed by atoms with Crippen LogP contribution in [-0.4, -0.2) is 84.9 Å². The summed E-state index contributed by atoms with van der Waals surface area (Å²) in [5.74, 6) is 2.24. The first-order valence-corrected chi connectivity index (χ1v) is 14.7. The number of amides is 1. The molecule has 224 valence electrons. The zero-order valence-electron chi connectivity index (χ0n) is 24.7. The molecule has 0 radical (unpaired) electrons. The third-order valence-electron chi connectivity index (χ3n) is 8.28. The quantitative estimate of drug-likeness (QED) is 0.251. The Balaban J connectivity index is 1.27. The molecule has 11 nitrogen and oxygen atoms in total. The number of fused-ring (bicyclic) bond motifs is 1. The van der Waals surface area contributed by atoms with Crippen LogP contribution in [0.2, 0.25) is 0 Å². The summed E-state index contributed by atoms with van der Waals surface area (Å²) in [4.78, 5) is 26.7. The minimum atomic E-state index is -0.277. The summed E-state index contributed by atoms with van der Waals surface area (Å²) >= 11 is 0. The molecule has 43 heavy (non-hydrogen) atoms. The van der Waals surface area contributed by atoms with E-state index in [0.29, 0.717) is 34.9 Å². The molecule has 2 fully saturated rings. The van der Waals surface area contributed by atoms with Gasteiger partial charge in [-0.25, -0.2) is 4.98 Å². The summed E-state index contributed by atoms with van der Waals surface area (Å²) in [5.41, 5.74) is 3.20. The van der Waals surface area contributed by atoms with E-state index in [1.54, 1.807) is 20.4 Å². The monoisotopic (exact) mass is 582 g/mol. The zero-order valence-corrected chi connectivity index (χ0v) is 24.7. The molecule has 6 rings (SSSR count). The lowest BCUT2D eigenvalue weighted by Crippen LogP contribution is -2.52. The topological polar surface area (TPSA) is 109 Å². The van der Waals surface area contributed by atoms with Crippen LogP contribution in [0.15, 0.2) is 67.5 Å². The Kier molecular flexibility index (Phi) is 8.43. The molecule has 2 aliphatic heterocycles. The number of aromatic nitrogens is 3. The lowest BCUT2D eigenvalue weighted by Gasteiger charge is -2.41. The van der Waals surface area contributed by atoms with Gasteiger partial charge in [-0.05, 0) is 49.2 Å². The van der Waals surface area contributed by atoms with Crippen molar-refractivity contribution in [2.24, 2.45) is 0 Å². The standard InChI is InChI=1S/C32H38N8O3/c1-4-31(41)35-24-20-25(29(43-3)21-27(24)39-15-9-22(10-16-39)38-18-13-33-14-19-38)36-32-34-12-8-30(37-32)40-17-11-23-26(40)6-5-7-28(23)42-2/h4-8,11-12,17,20-22,33H,1,9-10,13-16,18-19H2,2-3H3,(H,35,41)(H,34,36,37). The van der Waals surface area contributed by atoms with E-state index in [-0.39, 0.29) is 5.91 Å². The summed E-state index contributed by atoms with van der Waals surface area (Å²) in [6, 6.07) is 14.2. The van der Waals surface area contributed by atoms with Crippen LogP contribution < -0.4 is 30.3 Å². The summed E-state index contributed by atoms with van der Waals surface area (Å²) in [6.07, 6.45) is 7.08. The van der Waals surface area contributed by atoms with Crippen molar-refractivity contribution in [3.05, 3.63) is 67.5 Å². The van der Waals surface area contributed by atoms with Crippen molar-refractivity contribution in [1.82, 2.24) is 24.8 Å². The smallest absolute Gasteiger partial charge is 0.247 e. The van der Waals surface area contributed by atoms with Crippen molar-refractivity contribution in [2.45, 2.75) is 18.9 Å². The van der Waals surface area contributed by atoms with Gasteiger partial charge in [0, 0.05) is 69.2 Å². The van der Waals surface area contributed by atoms with Crippen LogP contribution in [0.4, 0.5) is 23.0 Å². The average molecular weight is 583 g/mol. The maximum atomic E-state index is 12.5. The zero-order chi connectivity index (χ0) is 29.8. The molecular formula is C32H38N8O3. The second-order valence-corrected chi connectivity index (χ2v) is 10.7. The Morgan fingerprint density at radius 2 is 1.81 bits per heavy atom. The number of benzene rings is 2. The van der Waals surface area contributed by atoms with Crippen LogP contribution in [-0.2, 0) is 4.79 Å². The highest BCUT2D eigenvalue weighted by atomic mass is 16.5. The van der Waals surface area contributed by atoms with Gasteiger partial charge in [-0.15, -0.1) is 0 Å². The largest absolute Gasteiger partial charge is 0.496 e. The number of hydrogen-bond acceptors (Lipinski definition) is 9. The maximum Gasteiger partial charge on any atom is 0.247 e. The van der Waals surface area contributed by atoms with E-state index in [9.17, 15) is 4.79 Å². The lowest BCUT2D eigenvalue weighted by molar-refractivity contribution is -0.111. The highest BCUT2D eigenvalue weighted by molar-refractivity contribution is 6.02. The van der Waals surface area contributed by atoms with Crippen LogP contribution in [0, 0.1) is 0 Å². The van der Waals surface area contributed by atoms with E-state index < -0.39 is 0 Å². The number of carbonyl (C=O) groups excluding carboxylic acids is 1. The molecule has 0 unspecified atom stereocenters. The summed E-state index contributed by atoms with van der Waals surface area (Å²) in [6.45, 7) is 9.71. The number of methoxy groups -OCH3 is 2. The number of nitrogens with zero attached hydrogens (tertiary/aromatic N) is 5. The second kappa shape index (κ2) is 12.7. The minimum Gasteiger partial charge on any atom is -0.496 e. The minimum absolute atomic E-state index is 0.277. The van der Waals surface area contributed by atoms with Gasteiger partial charge in [0.1, 0.15) is 17.3 Å². The summed E-state index contributed by atoms with van der Waals surface area (Å²) in [7, 11) is 3.30. The molecule has 0 aliphatic carbocycles. The predicted octanol–water partition coefficient (Wildman–Crippen LogP) is 4.18. The van der Waals surface area contributed by atoms with Gasteiger partial charge in [-0.3, -0.25) is 9.69 Å². The van der Waals surface area contributed by atoms with Gasteiger partial charge in [0.2, 0.25) is 11.9 Å². The molecule has 2 aliphatic rings. The molecule has 1 amide bonds. The molecule has 0 atom stereocenters. The van der Waals surface area contributed by atoms with E-state index in [0.717, 1.165) is 74.5 Å². The highest BCUT2D eigenvalue weighted by Crippen LogP contribution is 2.39. The van der Waals surface area contributed by atoms with Crippen LogP contribution in [0.5, 0.6) is 11.5 Å². The highest BCUT2D eigenvalue weighted by Gasteiger charge is 2.27. The number of anilines is 4. The predicted molar refractivity (Wildman–Crippen MR) is 170 cm³/mol. The Hall–Kier alpha value is -4.61. The van der Waals surface area contributed by atoms with E-state index in [1.165, 1.54) is 6.08 Å². The first-order valence-electron chi connectivity index (χ1n) is 14.7. The molecule has 4 heterocycles. The maximum absolute atomic E-state index is 12.5. The molecular weight excluding hydrogens is 544 g/mol. The number of piperazine rings is 1. The van der Waals surface area contributed by atoms with Crippen LogP contribution in [0.3, 0.4) is 0 Å². The molecule has 3 N–H and O–H groups in total. The van der Waals surface area contributed by atoms with Gasteiger partial charge in [-0.1, -0.05) is 12.6 Å². The molecule has 0 spiro atoms. The van der Waals surface area contributed by atoms with Crippen molar-refractivity contribution in [2.75, 3.05) is 69.0 Å². The van der Waals surface area contributed by atoms with Gasteiger partial charge < -0.3 is 34.9 Å². The Labute approximate surface area is 251 Å². The molecule has 0 bridgehead atoms. The first-order chi connectivity index (χ1) is 21.1. The fourth-order valence-corrected chi connectivity index (χ4v) is 6.08. The summed E-state index contributed by atoms with van der Waals surface area (Å²) in [5, 5.41) is 10.8. The van der Waals surface area contributed by atoms with Crippen LogP contribution >= 0.6 is 0 Å². The summed E-state index contributed by atoms with van der Waals surface area (Å²) < 4.78 is 13.3. The molecule has 4 aromatic rings. The Bertz CT molecular complexity index is 1610. The van der Waals surface area contributed by atoms with Crippen LogP contribution in [0.25, 0.3) is 16.7 Å². The second-order valence-electron chi connectivity index (χ2n) is 10.7. The third kappa shape index (κ3) is 5.99. The number of hydrogen-bond donors (Lipinski definition) is 3. The van der Waals surface area contributed by atoms with E-state index in [2.05, 4.69) is 37.3 Å². The van der Waals surface area contributed by atoms with Crippen molar-refractivity contribution in [3.8, 4) is 17.3 Å². The average Bonchev–Trinajstić information content (AvgIpc) is 3.50. The van der Waals surface area contributed by atoms with E-state index >= 15 is 0 Å². The SMILES string of the molecule is C=CC(=O)Nc1cc(Nc2nccc(-n3ccc4c(OC)cccc43)n2)c(OC)cc1N1CCC(N2CCNCC2)CC1. The lowest BCUT2D eigenvalue weighted by atomic mass is 10.0. The number of carbonyl (C=O) groups is 1. The fourth-order valence-electron chi connectivity index (χ4n) is 6.08. The van der Waals surface area contributed by atoms with E-state index in [1.807, 2.05) is 53.2 Å². The number of rotatable bonds is 9. The van der Waals surface area contributed by atoms with Gasteiger partial charge in [0.15, 0.2) is 0 Å². The van der Waals surface area contributed by atoms with Gasteiger partial charge in [-0.2, -0.15) is 4.98 Å². The van der Waals surface area contributed by atoms with Crippen LogP contribution in [0.1, 0.15) is 12.8 Å². The Morgan fingerprint density at radius 1 is 1.02 bits per heavy atom. The molecule has 2 saturated heterocycles. The molecule has 2 aromatic carbocycles. The number of nitrogens with one attached hydrogen (secondary N) is 3. The molecule has 0 saturated carbocycles. The number of ether oxygens (including phenoxy) is 2. The Morgan fingerprint density at radius 3 is 2.56 bits per heavy atom.